The molecule has 0 fully saturated rings. The third kappa shape index (κ3) is 4.36. The van der Waals surface area contributed by atoms with E-state index >= 15 is 0 Å². The molecule has 1 aromatic carbocycles. The number of hydrogen-bond donors (Lipinski definition) is 1. The fraction of sp³-hybridized carbons (Fsp3) is 0. The number of benzene rings is 1. The van der Waals surface area contributed by atoms with Crippen molar-refractivity contribution in [2.24, 2.45) is 0 Å². The molecule has 0 atom stereocenters. The highest BCUT2D eigenvalue weighted by Crippen LogP contribution is 2.13. The first-order chi connectivity index (χ1) is 10.0. The number of carbonyl (C=O) groups is 1. The lowest BCUT2D eigenvalue weighted by Crippen LogP contribution is -2.09. The van der Waals surface area contributed by atoms with Gasteiger partial charge in [0.1, 0.15) is 0 Å². The van der Waals surface area contributed by atoms with Gasteiger partial charge in [0.25, 0.3) is 5.69 Å². The van der Waals surface area contributed by atoms with Crippen LogP contribution in [0.15, 0.2) is 42.5 Å². The van der Waals surface area contributed by atoms with Crippen molar-refractivity contribution in [1.82, 2.24) is 10.2 Å². The summed E-state index contributed by atoms with van der Waals surface area (Å²) in [7, 11) is 0. The van der Waals surface area contributed by atoms with Crippen LogP contribution in [0.2, 0.25) is 5.15 Å². The second kappa shape index (κ2) is 6.58. The number of amides is 1. The maximum atomic E-state index is 11.6. The van der Waals surface area contributed by atoms with Crippen molar-refractivity contribution in [1.29, 1.82) is 0 Å². The van der Waals surface area contributed by atoms with Gasteiger partial charge in [0.15, 0.2) is 11.0 Å². The van der Waals surface area contributed by atoms with Crippen LogP contribution in [0.3, 0.4) is 0 Å². The van der Waals surface area contributed by atoms with E-state index in [0.717, 1.165) is 0 Å². The zero-order chi connectivity index (χ0) is 15.2. The molecule has 2 rings (SSSR count). The van der Waals surface area contributed by atoms with E-state index in [1.54, 1.807) is 12.1 Å². The number of aromatic nitrogens is 2. The Morgan fingerprint density at radius 1 is 1.19 bits per heavy atom. The van der Waals surface area contributed by atoms with Gasteiger partial charge >= 0.3 is 0 Å². The van der Waals surface area contributed by atoms with Gasteiger partial charge in [-0.15, -0.1) is 10.2 Å². The molecular formula is C13H9ClN4O3. The summed E-state index contributed by atoms with van der Waals surface area (Å²) in [5, 5.41) is 20.5. The molecule has 2 aromatic rings. The highest BCUT2D eigenvalue weighted by atomic mass is 35.5. The van der Waals surface area contributed by atoms with Gasteiger partial charge in [0.05, 0.1) is 4.92 Å². The van der Waals surface area contributed by atoms with Gasteiger partial charge < -0.3 is 5.32 Å². The monoisotopic (exact) mass is 304 g/mol. The van der Waals surface area contributed by atoms with E-state index in [-0.39, 0.29) is 16.7 Å². The Labute approximate surface area is 124 Å². The third-order valence-corrected chi connectivity index (χ3v) is 2.62. The summed E-state index contributed by atoms with van der Waals surface area (Å²) in [5.41, 5.74) is 0.658. The molecule has 0 aliphatic rings. The van der Waals surface area contributed by atoms with Gasteiger partial charge in [0, 0.05) is 18.2 Å². The highest BCUT2D eigenvalue weighted by molar-refractivity contribution is 6.29. The number of nitro benzene ring substituents is 1. The van der Waals surface area contributed by atoms with E-state index in [0.29, 0.717) is 5.56 Å². The Morgan fingerprint density at radius 2 is 1.90 bits per heavy atom. The van der Waals surface area contributed by atoms with E-state index in [4.69, 9.17) is 11.6 Å². The van der Waals surface area contributed by atoms with Crippen LogP contribution in [-0.4, -0.2) is 21.0 Å². The van der Waals surface area contributed by atoms with Gasteiger partial charge in [-0.25, -0.2) is 0 Å². The lowest BCUT2D eigenvalue weighted by atomic mass is 10.2. The highest BCUT2D eigenvalue weighted by Gasteiger charge is 2.03. The molecule has 1 heterocycles. The average Bonchev–Trinajstić information content (AvgIpc) is 2.48. The van der Waals surface area contributed by atoms with Crippen molar-refractivity contribution in [2.75, 3.05) is 5.32 Å². The van der Waals surface area contributed by atoms with E-state index in [9.17, 15) is 14.9 Å². The van der Waals surface area contributed by atoms with E-state index in [1.165, 1.54) is 36.4 Å². The van der Waals surface area contributed by atoms with Crippen LogP contribution < -0.4 is 5.32 Å². The number of halogens is 1. The fourth-order valence-corrected chi connectivity index (χ4v) is 1.53. The average molecular weight is 305 g/mol. The molecule has 0 aliphatic carbocycles. The molecule has 106 valence electrons. The molecule has 0 radical (unpaired) electrons. The number of hydrogen-bond acceptors (Lipinski definition) is 5. The summed E-state index contributed by atoms with van der Waals surface area (Å²) in [6.45, 7) is 0. The fourth-order valence-electron chi connectivity index (χ4n) is 1.43. The molecule has 1 aromatic heterocycles. The Kier molecular flexibility index (Phi) is 4.57. The summed E-state index contributed by atoms with van der Waals surface area (Å²) in [6, 6.07) is 8.84. The number of carbonyl (C=O) groups excluding carboxylic acids is 1. The molecule has 0 aliphatic heterocycles. The molecule has 7 nitrogen and oxygen atoms in total. The molecule has 1 amide bonds. The normalized spacial score (nSPS) is 10.5. The molecule has 8 heteroatoms. The molecule has 0 saturated carbocycles. The summed E-state index contributed by atoms with van der Waals surface area (Å²) in [4.78, 5) is 21.7. The molecule has 1 N–H and O–H groups in total. The molecule has 0 saturated heterocycles. The number of nitrogens with one attached hydrogen (secondary N) is 1. The first-order valence-corrected chi connectivity index (χ1v) is 6.15. The number of non-ortho nitro benzene ring substituents is 1. The Morgan fingerprint density at radius 3 is 2.48 bits per heavy atom. The second-order valence-electron chi connectivity index (χ2n) is 3.91. The smallest absolute Gasteiger partial charge is 0.269 e. The number of nitro groups is 1. The Balaban J connectivity index is 1.98. The maximum Gasteiger partial charge on any atom is 0.269 e. The van der Waals surface area contributed by atoms with Crippen molar-refractivity contribution < 1.29 is 9.72 Å². The van der Waals surface area contributed by atoms with Crippen LogP contribution in [0.25, 0.3) is 6.08 Å². The van der Waals surface area contributed by atoms with Crippen LogP contribution in [0.5, 0.6) is 0 Å². The van der Waals surface area contributed by atoms with Crippen molar-refractivity contribution in [3.63, 3.8) is 0 Å². The van der Waals surface area contributed by atoms with Crippen LogP contribution in [0.4, 0.5) is 11.5 Å². The minimum absolute atomic E-state index is 0.00644. The second-order valence-corrected chi connectivity index (χ2v) is 4.30. The van der Waals surface area contributed by atoms with Crippen LogP contribution >= 0.6 is 11.6 Å². The van der Waals surface area contributed by atoms with Gasteiger partial charge in [0.2, 0.25) is 5.91 Å². The third-order valence-electron chi connectivity index (χ3n) is 2.41. The SMILES string of the molecule is O=C(/C=C/c1ccc([N+](=O)[O-])cc1)Nc1ccc(Cl)nn1. The summed E-state index contributed by atoms with van der Waals surface area (Å²) in [6.07, 6.45) is 2.82. The van der Waals surface area contributed by atoms with Gasteiger partial charge in [-0.05, 0) is 35.9 Å². The topological polar surface area (TPSA) is 98.0 Å². The van der Waals surface area contributed by atoms with Crippen LogP contribution in [0.1, 0.15) is 5.56 Å². The zero-order valence-electron chi connectivity index (χ0n) is 10.6. The van der Waals surface area contributed by atoms with Gasteiger partial charge in [-0.3, -0.25) is 14.9 Å². The minimum atomic E-state index is -0.487. The molecule has 0 unspecified atom stereocenters. The molecule has 0 spiro atoms. The number of rotatable bonds is 4. The Bertz CT molecular complexity index is 684. The lowest BCUT2D eigenvalue weighted by molar-refractivity contribution is -0.384. The molecular weight excluding hydrogens is 296 g/mol. The van der Waals surface area contributed by atoms with Gasteiger partial charge in [-0.1, -0.05) is 11.6 Å². The van der Waals surface area contributed by atoms with Crippen molar-refractivity contribution in [2.45, 2.75) is 0 Å². The summed E-state index contributed by atoms with van der Waals surface area (Å²) >= 11 is 5.58. The maximum absolute atomic E-state index is 11.6. The predicted octanol–water partition coefficient (Wildman–Crippen LogP) is 2.69. The van der Waals surface area contributed by atoms with Crippen molar-refractivity contribution >= 4 is 35.1 Å². The summed E-state index contributed by atoms with van der Waals surface area (Å²) < 4.78 is 0. The first-order valence-electron chi connectivity index (χ1n) is 5.77. The van der Waals surface area contributed by atoms with Crippen molar-refractivity contribution in [3.05, 3.63) is 63.3 Å². The quantitative estimate of drug-likeness (QED) is 0.532. The predicted molar refractivity (Wildman–Crippen MR) is 77.8 cm³/mol. The lowest BCUT2D eigenvalue weighted by Gasteiger charge is -1.99. The van der Waals surface area contributed by atoms with Crippen molar-refractivity contribution in [3.8, 4) is 0 Å². The largest absolute Gasteiger partial charge is 0.306 e. The van der Waals surface area contributed by atoms with E-state index in [1.807, 2.05) is 0 Å². The van der Waals surface area contributed by atoms with E-state index in [2.05, 4.69) is 15.5 Å². The number of nitrogens with zero attached hydrogens (tertiary/aromatic N) is 3. The Hall–Kier alpha value is -2.80. The molecule has 0 bridgehead atoms. The minimum Gasteiger partial charge on any atom is -0.306 e. The van der Waals surface area contributed by atoms with Crippen LogP contribution in [0, 0.1) is 10.1 Å². The number of anilines is 1. The molecule has 21 heavy (non-hydrogen) atoms. The zero-order valence-corrected chi connectivity index (χ0v) is 11.3. The van der Waals surface area contributed by atoms with Gasteiger partial charge in [-0.2, -0.15) is 0 Å². The summed E-state index contributed by atoms with van der Waals surface area (Å²) in [5.74, 6) is -0.122. The van der Waals surface area contributed by atoms with E-state index < -0.39 is 10.8 Å². The standard InChI is InChI=1S/C13H9ClN4O3/c14-11-6-7-12(17-16-11)15-13(19)8-3-9-1-4-10(5-2-9)18(20)21/h1-8H,(H,15,17,19)/b8-3+. The van der Waals surface area contributed by atoms with Crippen LogP contribution in [-0.2, 0) is 4.79 Å². The first kappa shape index (κ1) is 14.6.